The number of carbonyl (C=O) groups is 2. The SMILES string of the molecule is O=C(O)[C@H]1C[C@H]1C(=O)Nc1cnc(Cl)c(Br)c1. The van der Waals surface area contributed by atoms with Gasteiger partial charge in [0.25, 0.3) is 0 Å². The molecule has 1 aromatic rings. The number of pyridine rings is 1. The Morgan fingerprint density at radius 2 is 2.24 bits per heavy atom. The first-order valence-electron chi connectivity index (χ1n) is 4.83. The maximum absolute atomic E-state index is 11.6. The molecule has 1 heterocycles. The van der Waals surface area contributed by atoms with E-state index in [1.54, 1.807) is 6.07 Å². The first-order valence-corrected chi connectivity index (χ1v) is 6.01. The predicted molar refractivity (Wildman–Crippen MR) is 64.8 cm³/mol. The molecule has 0 spiro atoms. The Morgan fingerprint density at radius 1 is 1.53 bits per heavy atom. The first-order chi connectivity index (χ1) is 7.99. The zero-order chi connectivity index (χ0) is 12.6. The van der Waals surface area contributed by atoms with E-state index < -0.39 is 17.8 Å². The van der Waals surface area contributed by atoms with Gasteiger partial charge in [0.2, 0.25) is 5.91 Å². The van der Waals surface area contributed by atoms with Crippen molar-refractivity contribution in [3.8, 4) is 0 Å². The number of hydrogen-bond donors (Lipinski definition) is 2. The van der Waals surface area contributed by atoms with Gasteiger partial charge in [-0.3, -0.25) is 9.59 Å². The smallest absolute Gasteiger partial charge is 0.307 e. The summed E-state index contributed by atoms with van der Waals surface area (Å²) in [6, 6.07) is 1.62. The lowest BCUT2D eigenvalue weighted by molar-refractivity contribution is -0.139. The summed E-state index contributed by atoms with van der Waals surface area (Å²) in [7, 11) is 0. The number of halogens is 2. The minimum Gasteiger partial charge on any atom is -0.481 e. The van der Waals surface area contributed by atoms with Crippen molar-refractivity contribution >= 4 is 45.1 Å². The van der Waals surface area contributed by atoms with Gasteiger partial charge in [-0.05, 0) is 28.4 Å². The molecule has 2 rings (SSSR count). The Kier molecular flexibility index (Phi) is 3.35. The molecule has 0 aromatic carbocycles. The largest absolute Gasteiger partial charge is 0.481 e. The van der Waals surface area contributed by atoms with Gasteiger partial charge in [0.1, 0.15) is 5.15 Å². The molecule has 1 saturated carbocycles. The molecule has 0 aliphatic heterocycles. The Hall–Kier alpha value is -1.14. The van der Waals surface area contributed by atoms with Crippen molar-refractivity contribution in [3.05, 3.63) is 21.9 Å². The van der Waals surface area contributed by atoms with Crippen LogP contribution in [-0.2, 0) is 9.59 Å². The van der Waals surface area contributed by atoms with E-state index >= 15 is 0 Å². The summed E-state index contributed by atoms with van der Waals surface area (Å²) < 4.78 is 0.572. The normalized spacial score (nSPS) is 22.0. The quantitative estimate of drug-likeness (QED) is 0.837. The van der Waals surface area contributed by atoms with Crippen molar-refractivity contribution in [2.45, 2.75) is 6.42 Å². The highest BCUT2D eigenvalue weighted by molar-refractivity contribution is 9.10. The molecule has 1 aromatic heterocycles. The molecule has 5 nitrogen and oxygen atoms in total. The topological polar surface area (TPSA) is 79.3 Å². The van der Waals surface area contributed by atoms with E-state index in [4.69, 9.17) is 16.7 Å². The molecule has 17 heavy (non-hydrogen) atoms. The molecular formula is C10H8BrClN2O3. The molecule has 2 N–H and O–H groups in total. The van der Waals surface area contributed by atoms with E-state index in [0.29, 0.717) is 21.7 Å². The Labute approximate surface area is 110 Å². The van der Waals surface area contributed by atoms with Crippen LogP contribution in [0.5, 0.6) is 0 Å². The highest BCUT2D eigenvalue weighted by Crippen LogP contribution is 2.39. The molecule has 1 fully saturated rings. The van der Waals surface area contributed by atoms with Gasteiger partial charge < -0.3 is 10.4 Å². The molecule has 0 bridgehead atoms. The lowest BCUT2D eigenvalue weighted by Crippen LogP contribution is -2.16. The second-order valence-corrected chi connectivity index (χ2v) is 4.99. The second kappa shape index (κ2) is 4.62. The Bertz CT molecular complexity index is 494. The number of carboxylic acids is 1. The van der Waals surface area contributed by atoms with Crippen LogP contribution in [0.15, 0.2) is 16.7 Å². The lowest BCUT2D eigenvalue weighted by atomic mass is 10.3. The monoisotopic (exact) mass is 318 g/mol. The fraction of sp³-hybridized carbons (Fsp3) is 0.300. The molecular weight excluding hydrogens is 311 g/mol. The molecule has 0 radical (unpaired) electrons. The first kappa shape index (κ1) is 12.3. The minimum absolute atomic E-state index is 0.298. The predicted octanol–water partition coefficient (Wildman–Crippen LogP) is 2.16. The molecule has 0 unspecified atom stereocenters. The Morgan fingerprint density at radius 3 is 2.76 bits per heavy atom. The number of nitrogens with one attached hydrogen (secondary N) is 1. The maximum atomic E-state index is 11.6. The third-order valence-electron chi connectivity index (χ3n) is 2.51. The number of aromatic nitrogens is 1. The number of amides is 1. The number of rotatable bonds is 3. The molecule has 0 saturated heterocycles. The molecule has 1 aliphatic rings. The number of hydrogen-bond acceptors (Lipinski definition) is 3. The van der Waals surface area contributed by atoms with Crippen LogP contribution >= 0.6 is 27.5 Å². The van der Waals surface area contributed by atoms with E-state index in [1.165, 1.54) is 6.20 Å². The van der Waals surface area contributed by atoms with Crippen LogP contribution < -0.4 is 5.32 Å². The van der Waals surface area contributed by atoms with Gasteiger partial charge in [-0.2, -0.15) is 0 Å². The number of carbonyl (C=O) groups excluding carboxylic acids is 1. The fourth-order valence-corrected chi connectivity index (χ4v) is 1.93. The van der Waals surface area contributed by atoms with Crippen LogP contribution in [0.1, 0.15) is 6.42 Å². The minimum atomic E-state index is -0.930. The average molecular weight is 320 g/mol. The van der Waals surface area contributed by atoms with Crippen LogP contribution in [0.25, 0.3) is 0 Å². The zero-order valence-electron chi connectivity index (χ0n) is 8.48. The summed E-state index contributed by atoms with van der Waals surface area (Å²) in [5.74, 6) is -2.23. The van der Waals surface area contributed by atoms with Gasteiger partial charge in [0, 0.05) is 0 Å². The molecule has 1 amide bonds. The number of anilines is 1. The number of nitrogens with zero attached hydrogens (tertiary/aromatic N) is 1. The fourth-order valence-electron chi connectivity index (χ4n) is 1.48. The molecule has 7 heteroatoms. The standard InChI is InChI=1S/C10H8BrClN2O3/c11-7-1-4(3-13-8(7)12)14-9(15)5-2-6(5)10(16)17/h1,3,5-6H,2H2,(H,14,15)(H,16,17)/t5-,6+/m1/s1. The van der Waals surface area contributed by atoms with Gasteiger partial charge in [-0.15, -0.1) is 0 Å². The zero-order valence-corrected chi connectivity index (χ0v) is 10.8. The van der Waals surface area contributed by atoms with Gasteiger partial charge >= 0.3 is 5.97 Å². The number of carboxylic acid groups (broad SMARTS) is 1. The third-order valence-corrected chi connectivity index (χ3v) is 3.64. The van der Waals surface area contributed by atoms with E-state index in [1.807, 2.05) is 0 Å². The van der Waals surface area contributed by atoms with Crippen molar-refractivity contribution < 1.29 is 14.7 Å². The van der Waals surface area contributed by atoms with E-state index in [-0.39, 0.29) is 5.91 Å². The number of aliphatic carboxylic acids is 1. The molecule has 2 atom stereocenters. The third kappa shape index (κ3) is 2.76. The molecule has 90 valence electrons. The maximum Gasteiger partial charge on any atom is 0.307 e. The van der Waals surface area contributed by atoms with Crippen molar-refractivity contribution in [3.63, 3.8) is 0 Å². The van der Waals surface area contributed by atoms with Crippen LogP contribution in [-0.4, -0.2) is 22.0 Å². The molecule has 1 aliphatic carbocycles. The van der Waals surface area contributed by atoms with Gasteiger partial charge in [0.05, 0.1) is 28.2 Å². The van der Waals surface area contributed by atoms with Crippen molar-refractivity contribution in [2.75, 3.05) is 5.32 Å². The lowest BCUT2D eigenvalue weighted by Gasteiger charge is -2.04. The highest BCUT2D eigenvalue weighted by Gasteiger charge is 2.48. The Balaban J connectivity index is 2.00. The summed E-state index contributed by atoms with van der Waals surface area (Å²) in [5.41, 5.74) is 0.488. The van der Waals surface area contributed by atoms with Gasteiger partial charge in [-0.25, -0.2) is 4.98 Å². The summed E-state index contributed by atoms with van der Waals surface area (Å²) in [5, 5.41) is 11.6. The second-order valence-electron chi connectivity index (χ2n) is 3.77. The van der Waals surface area contributed by atoms with Gasteiger partial charge in [0.15, 0.2) is 0 Å². The van der Waals surface area contributed by atoms with Crippen molar-refractivity contribution in [2.24, 2.45) is 11.8 Å². The van der Waals surface area contributed by atoms with Crippen LogP contribution in [0.3, 0.4) is 0 Å². The van der Waals surface area contributed by atoms with Crippen LogP contribution in [0.2, 0.25) is 5.15 Å². The summed E-state index contributed by atoms with van der Waals surface area (Å²) in [6.07, 6.45) is 1.81. The highest BCUT2D eigenvalue weighted by atomic mass is 79.9. The summed E-state index contributed by atoms with van der Waals surface area (Å²) in [4.78, 5) is 26.1. The summed E-state index contributed by atoms with van der Waals surface area (Å²) >= 11 is 8.89. The van der Waals surface area contributed by atoms with Crippen molar-refractivity contribution in [1.29, 1.82) is 0 Å². The van der Waals surface area contributed by atoms with Gasteiger partial charge in [-0.1, -0.05) is 11.6 Å². The van der Waals surface area contributed by atoms with Crippen LogP contribution in [0, 0.1) is 11.8 Å². The summed E-state index contributed by atoms with van der Waals surface area (Å²) in [6.45, 7) is 0. The van der Waals surface area contributed by atoms with E-state index in [2.05, 4.69) is 26.2 Å². The average Bonchev–Trinajstić information content (AvgIpc) is 3.03. The van der Waals surface area contributed by atoms with Crippen LogP contribution in [0.4, 0.5) is 5.69 Å². The van der Waals surface area contributed by atoms with Crippen molar-refractivity contribution in [1.82, 2.24) is 4.98 Å². The van der Waals surface area contributed by atoms with E-state index in [0.717, 1.165) is 0 Å². The van der Waals surface area contributed by atoms with E-state index in [9.17, 15) is 9.59 Å².